The molecule has 1 aliphatic heterocycles. The van der Waals surface area contributed by atoms with Gasteiger partial charge in [0, 0.05) is 25.2 Å². The number of likely N-dealkylation sites (tertiary alicyclic amines) is 1. The number of hydrogen-bond acceptors (Lipinski definition) is 2. The Morgan fingerprint density at radius 1 is 1.35 bits per heavy atom. The summed E-state index contributed by atoms with van der Waals surface area (Å²) in [6, 6.07) is 5.36. The summed E-state index contributed by atoms with van der Waals surface area (Å²) < 4.78 is 12.8. The highest BCUT2D eigenvalue weighted by Gasteiger charge is 2.26. The first-order valence-corrected chi connectivity index (χ1v) is 6.58. The van der Waals surface area contributed by atoms with Crippen molar-refractivity contribution in [3.8, 4) is 0 Å². The summed E-state index contributed by atoms with van der Waals surface area (Å²) in [5.41, 5.74) is 0.547. The molecule has 0 bridgehead atoms. The highest BCUT2D eigenvalue weighted by molar-refractivity contribution is 5.89. The molecule has 5 nitrogen and oxygen atoms in total. The van der Waals surface area contributed by atoms with E-state index in [2.05, 4.69) is 5.32 Å². The third kappa shape index (κ3) is 3.94. The lowest BCUT2D eigenvalue weighted by molar-refractivity contribution is -0.137. The standard InChI is InChI=1S/C14H17FN2O3/c15-11-2-4-12(5-3-11)16-14(20)17-8-7-10(9-17)1-6-13(18)19/h2-5,10H,1,6-9H2,(H,16,20)(H,18,19). The molecule has 1 atom stereocenters. The number of carbonyl (C=O) groups is 2. The summed E-state index contributed by atoms with van der Waals surface area (Å²) in [6.45, 7) is 1.19. The monoisotopic (exact) mass is 280 g/mol. The molecule has 0 aromatic heterocycles. The Morgan fingerprint density at radius 3 is 2.70 bits per heavy atom. The van der Waals surface area contributed by atoms with E-state index in [1.165, 1.54) is 24.3 Å². The number of urea groups is 1. The molecule has 1 aromatic rings. The molecule has 0 aliphatic carbocycles. The number of benzene rings is 1. The van der Waals surface area contributed by atoms with E-state index in [1.807, 2.05) is 0 Å². The Morgan fingerprint density at radius 2 is 2.05 bits per heavy atom. The fourth-order valence-electron chi connectivity index (χ4n) is 2.32. The van der Waals surface area contributed by atoms with Crippen molar-refractivity contribution in [1.29, 1.82) is 0 Å². The van der Waals surface area contributed by atoms with Crippen LogP contribution in [0.3, 0.4) is 0 Å². The van der Waals surface area contributed by atoms with Crippen molar-refractivity contribution in [3.05, 3.63) is 30.1 Å². The van der Waals surface area contributed by atoms with Crippen LogP contribution in [0.5, 0.6) is 0 Å². The van der Waals surface area contributed by atoms with Gasteiger partial charge in [-0.3, -0.25) is 4.79 Å². The van der Waals surface area contributed by atoms with E-state index in [1.54, 1.807) is 4.90 Å². The van der Waals surface area contributed by atoms with Crippen LogP contribution in [0, 0.1) is 11.7 Å². The molecular formula is C14H17FN2O3. The number of nitrogens with zero attached hydrogens (tertiary/aromatic N) is 1. The van der Waals surface area contributed by atoms with E-state index < -0.39 is 5.97 Å². The molecule has 1 aliphatic rings. The summed E-state index contributed by atoms with van der Waals surface area (Å²) in [7, 11) is 0. The van der Waals surface area contributed by atoms with Crippen molar-refractivity contribution in [3.63, 3.8) is 0 Å². The van der Waals surface area contributed by atoms with Crippen LogP contribution in [0.25, 0.3) is 0 Å². The minimum absolute atomic E-state index is 0.137. The number of carboxylic acid groups (broad SMARTS) is 1. The smallest absolute Gasteiger partial charge is 0.321 e. The quantitative estimate of drug-likeness (QED) is 0.890. The molecule has 2 amide bonds. The molecule has 108 valence electrons. The van der Waals surface area contributed by atoms with Crippen LogP contribution in [0.15, 0.2) is 24.3 Å². The Labute approximate surface area is 116 Å². The van der Waals surface area contributed by atoms with Crippen molar-refractivity contribution in [2.24, 2.45) is 5.92 Å². The lowest BCUT2D eigenvalue weighted by atomic mass is 10.0. The van der Waals surface area contributed by atoms with Crippen LogP contribution < -0.4 is 5.32 Å². The van der Waals surface area contributed by atoms with Gasteiger partial charge in [-0.2, -0.15) is 0 Å². The second-order valence-electron chi connectivity index (χ2n) is 4.97. The molecule has 0 radical (unpaired) electrons. The first-order valence-electron chi connectivity index (χ1n) is 6.58. The summed E-state index contributed by atoms with van der Waals surface area (Å²) in [4.78, 5) is 24.2. The summed E-state index contributed by atoms with van der Waals surface area (Å²) in [5, 5.41) is 11.3. The van der Waals surface area contributed by atoms with Gasteiger partial charge in [0.15, 0.2) is 0 Å². The minimum Gasteiger partial charge on any atom is -0.481 e. The number of rotatable bonds is 4. The van der Waals surface area contributed by atoms with Gasteiger partial charge in [0.05, 0.1) is 0 Å². The fourth-order valence-corrected chi connectivity index (χ4v) is 2.32. The lowest BCUT2D eigenvalue weighted by Gasteiger charge is -2.17. The second-order valence-corrected chi connectivity index (χ2v) is 4.97. The normalized spacial score (nSPS) is 18.1. The molecule has 20 heavy (non-hydrogen) atoms. The Bertz CT molecular complexity index is 490. The summed E-state index contributed by atoms with van der Waals surface area (Å²) >= 11 is 0. The average molecular weight is 280 g/mol. The molecule has 6 heteroatoms. The van der Waals surface area contributed by atoms with Crippen molar-refractivity contribution in [2.75, 3.05) is 18.4 Å². The fraction of sp³-hybridized carbons (Fsp3) is 0.429. The Kier molecular flexibility index (Phi) is 4.55. The molecule has 2 rings (SSSR count). The number of carboxylic acids is 1. The first-order chi connectivity index (χ1) is 9.54. The van der Waals surface area contributed by atoms with Crippen molar-refractivity contribution in [2.45, 2.75) is 19.3 Å². The van der Waals surface area contributed by atoms with Crippen molar-refractivity contribution in [1.82, 2.24) is 4.90 Å². The van der Waals surface area contributed by atoms with Crippen molar-refractivity contribution < 1.29 is 19.1 Å². The van der Waals surface area contributed by atoms with E-state index in [0.717, 1.165) is 6.42 Å². The zero-order chi connectivity index (χ0) is 14.5. The second kappa shape index (κ2) is 6.36. The van der Waals surface area contributed by atoms with Crippen LogP contribution in [-0.2, 0) is 4.79 Å². The maximum atomic E-state index is 12.8. The van der Waals surface area contributed by atoms with Crippen LogP contribution in [0.4, 0.5) is 14.9 Å². The van der Waals surface area contributed by atoms with Gasteiger partial charge >= 0.3 is 12.0 Å². The van der Waals surface area contributed by atoms with Gasteiger partial charge in [0.1, 0.15) is 5.82 Å². The van der Waals surface area contributed by atoms with Gasteiger partial charge in [-0.25, -0.2) is 9.18 Å². The topological polar surface area (TPSA) is 69.6 Å². The predicted molar refractivity (Wildman–Crippen MR) is 72.0 cm³/mol. The van der Waals surface area contributed by atoms with Gasteiger partial charge in [-0.15, -0.1) is 0 Å². The molecule has 1 saturated heterocycles. The average Bonchev–Trinajstić information content (AvgIpc) is 2.88. The summed E-state index contributed by atoms with van der Waals surface area (Å²) in [5.74, 6) is -0.915. The maximum Gasteiger partial charge on any atom is 0.321 e. The molecular weight excluding hydrogens is 263 g/mol. The molecule has 1 fully saturated rings. The van der Waals surface area contributed by atoms with Crippen LogP contribution in [0.2, 0.25) is 0 Å². The number of anilines is 1. The number of nitrogens with one attached hydrogen (secondary N) is 1. The predicted octanol–water partition coefficient (Wildman–Crippen LogP) is 2.54. The zero-order valence-corrected chi connectivity index (χ0v) is 11.0. The van der Waals surface area contributed by atoms with E-state index in [-0.39, 0.29) is 24.2 Å². The number of halogens is 1. The Hall–Kier alpha value is -2.11. The van der Waals surface area contributed by atoms with Crippen LogP contribution in [-0.4, -0.2) is 35.1 Å². The third-order valence-corrected chi connectivity index (χ3v) is 3.44. The van der Waals surface area contributed by atoms with Gasteiger partial charge < -0.3 is 15.3 Å². The van der Waals surface area contributed by atoms with E-state index >= 15 is 0 Å². The molecule has 2 N–H and O–H groups in total. The largest absolute Gasteiger partial charge is 0.481 e. The van der Waals surface area contributed by atoms with Gasteiger partial charge in [0.25, 0.3) is 0 Å². The van der Waals surface area contributed by atoms with Gasteiger partial charge in [-0.1, -0.05) is 0 Å². The number of amides is 2. The van der Waals surface area contributed by atoms with E-state index in [9.17, 15) is 14.0 Å². The maximum absolute atomic E-state index is 12.8. The molecule has 1 heterocycles. The molecule has 1 unspecified atom stereocenters. The van der Waals surface area contributed by atoms with E-state index in [0.29, 0.717) is 25.2 Å². The van der Waals surface area contributed by atoms with Gasteiger partial charge in [0.2, 0.25) is 0 Å². The number of hydrogen-bond donors (Lipinski definition) is 2. The molecule has 0 saturated carbocycles. The first kappa shape index (κ1) is 14.3. The van der Waals surface area contributed by atoms with Crippen molar-refractivity contribution >= 4 is 17.7 Å². The highest BCUT2D eigenvalue weighted by Crippen LogP contribution is 2.22. The lowest BCUT2D eigenvalue weighted by Crippen LogP contribution is -2.33. The highest BCUT2D eigenvalue weighted by atomic mass is 19.1. The zero-order valence-electron chi connectivity index (χ0n) is 11.0. The minimum atomic E-state index is -0.806. The third-order valence-electron chi connectivity index (χ3n) is 3.44. The van der Waals surface area contributed by atoms with Crippen LogP contribution >= 0.6 is 0 Å². The number of carbonyl (C=O) groups excluding carboxylic acids is 1. The van der Waals surface area contributed by atoms with Crippen LogP contribution in [0.1, 0.15) is 19.3 Å². The number of aliphatic carboxylic acids is 1. The SMILES string of the molecule is O=C(O)CCC1CCN(C(=O)Nc2ccc(F)cc2)C1. The molecule has 1 aromatic carbocycles. The van der Waals surface area contributed by atoms with Gasteiger partial charge in [-0.05, 0) is 43.0 Å². The molecule has 0 spiro atoms. The van der Waals surface area contributed by atoms with E-state index in [4.69, 9.17) is 5.11 Å². The summed E-state index contributed by atoms with van der Waals surface area (Å²) in [6.07, 6.45) is 1.55. The Balaban J connectivity index is 1.82.